The number of rotatable bonds is 0. The highest BCUT2D eigenvalue weighted by Gasteiger charge is 2.41. The van der Waals surface area contributed by atoms with E-state index >= 15 is 0 Å². The van der Waals surface area contributed by atoms with Gasteiger partial charge in [0.25, 0.3) is 0 Å². The van der Waals surface area contributed by atoms with Gasteiger partial charge in [-0.05, 0) is 47.2 Å². The van der Waals surface area contributed by atoms with E-state index < -0.39 is 0 Å². The number of hydrogen-bond donors (Lipinski definition) is 0. The molecular formula is C11H22N2. The minimum absolute atomic E-state index is 0.100. The number of likely N-dealkylation sites (N-methyl/N-ethyl adjacent to an activating group) is 1. The molecule has 0 unspecified atom stereocenters. The molecular weight excluding hydrogens is 160 g/mol. The Morgan fingerprint density at radius 2 is 1.54 bits per heavy atom. The molecule has 2 nitrogen and oxygen atoms in total. The SMILES string of the molecule is CC1=CN(C)C(C)(C)N(C)C1(C)C. The zero-order chi connectivity index (χ0) is 10.4. The summed E-state index contributed by atoms with van der Waals surface area (Å²) in [5.74, 6) is 0. The zero-order valence-corrected chi connectivity index (χ0v) is 9.97. The third-order valence-corrected chi connectivity index (χ3v) is 3.87. The molecule has 1 aliphatic heterocycles. The van der Waals surface area contributed by atoms with Gasteiger partial charge in [0.2, 0.25) is 0 Å². The Morgan fingerprint density at radius 3 is 2.00 bits per heavy atom. The van der Waals surface area contributed by atoms with Crippen LogP contribution in [0.4, 0.5) is 0 Å². The predicted molar refractivity (Wildman–Crippen MR) is 57.4 cm³/mol. The van der Waals surface area contributed by atoms with Crippen LogP contribution in [-0.4, -0.2) is 35.1 Å². The van der Waals surface area contributed by atoms with Gasteiger partial charge < -0.3 is 4.90 Å². The summed E-state index contributed by atoms with van der Waals surface area (Å²) in [5, 5.41) is 0. The van der Waals surface area contributed by atoms with Gasteiger partial charge in [0.1, 0.15) is 0 Å². The molecule has 0 bridgehead atoms. The van der Waals surface area contributed by atoms with Crippen molar-refractivity contribution in [3.05, 3.63) is 11.8 Å². The van der Waals surface area contributed by atoms with E-state index in [4.69, 9.17) is 0 Å². The van der Waals surface area contributed by atoms with E-state index in [1.54, 1.807) is 0 Å². The van der Waals surface area contributed by atoms with Crippen LogP contribution in [0.1, 0.15) is 34.6 Å². The summed E-state index contributed by atoms with van der Waals surface area (Å²) in [5.41, 5.74) is 1.68. The molecule has 0 radical (unpaired) electrons. The lowest BCUT2D eigenvalue weighted by Crippen LogP contribution is -2.62. The molecule has 0 saturated carbocycles. The molecule has 0 amide bonds. The van der Waals surface area contributed by atoms with E-state index in [2.05, 4.69) is 64.7 Å². The Balaban J connectivity index is 3.16. The largest absolute Gasteiger partial charge is 0.363 e. The van der Waals surface area contributed by atoms with Gasteiger partial charge in [-0.2, -0.15) is 0 Å². The third-order valence-electron chi connectivity index (χ3n) is 3.87. The minimum atomic E-state index is 0.100. The van der Waals surface area contributed by atoms with Gasteiger partial charge >= 0.3 is 0 Å². The molecule has 0 atom stereocenters. The summed E-state index contributed by atoms with van der Waals surface area (Å²) in [6.45, 7) is 11.2. The molecule has 0 saturated heterocycles. The smallest absolute Gasteiger partial charge is 0.0872 e. The highest BCUT2D eigenvalue weighted by Crippen LogP contribution is 2.35. The van der Waals surface area contributed by atoms with Crippen LogP contribution in [0.5, 0.6) is 0 Å². The summed E-state index contributed by atoms with van der Waals surface area (Å²) in [6, 6.07) is 0. The molecule has 1 heterocycles. The predicted octanol–water partition coefficient (Wildman–Crippen LogP) is 2.28. The highest BCUT2D eigenvalue weighted by molar-refractivity contribution is 5.20. The molecule has 1 aliphatic rings. The lowest BCUT2D eigenvalue weighted by molar-refractivity contribution is -0.0381. The van der Waals surface area contributed by atoms with Crippen LogP contribution in [0.25, 0.3) is 0 Å². The fourth-order valence-corrected chi connectivity index (χ4v) is 1.79. The maximum atomic E-state index is 2.41. The summed E-state index contributed by atoms with van der Waals surface area (Å²) >= 11 is 0. The molecule has 0 N–H and O–H groups in total. The molecule has 0 spiro atoms. The van der Waals surface area contributed by atoms with Crippen molar-refractivity contribution in [2.24, 2.45) is 0 Å². The first-order valence-electron chi connectivity index (χ1n) is 4.86. The van der Waals surface area contributed by atoms with Crippen LogP contribution in [0.15, 0.2) is 11.8 Å². The van der Waals surface area contributed by atoms with Crippen molar-refractivity contribution in [2.75, 3.05) is 14.1 Å². The standard InChI is InChI=1S/C11H22N2/c1-9-8-12(6)11(4,5)13(7)10(9,2)3/h8H,1-7H3. The molecule has 1 rings (SSSR count). The third kappa shape index (κ3) is 1.37. The fraction of sp³-hybridized carbons (Fsp3) is 0.818. The van der Waals surface area contributed by atoms with Crippen molar-refractivity contribution >= 4 is 0 Å². The summed E-state index contributed by atoms with van der Waals surface area (Å²) in [7, 11) is 4.32. The molecule has 0 aromatic rings. The first-order valence-corrected chi connectivity index (χ1v) is 4.86. The average Bonchev–Trinajstić information content (AvgIpc) is 2.00. The molecule has 0 aromatic carbocycles. The molecule has 13 heavy (non-hydrogen) atoms. The Labute approximate surface area is 82.2 Å². The zero-order valence-electron chi connectivity index (χ0n) is 9.97. The van der Waals surface area contributed by atoms with Gasteiger partial charge in [0.15, 0.2) is 0 Å². The lowest BCUT2D eigenvalue weighted by Gasteiger charge is -2.54. The minimum Gasteiger partial charge on any atom is -0.363 e. The average molecular weight is 182 g/mol. The molecule has 76 valence electrons. The van der Waals surface area contributed by atoms with Gasteiger partial charge in [-0.15, -0.1) is 0 Å². The van der Waals surface area contributed by atoms with Crippen molar-refractivity contribution in [3.8, 4) is 0 Å². The number of hydrogen-bond acceptors (Lipinski definition) is 2. The molecule has 0 fully saturated rings. The molecule has 0 aliphatic carbocycles. The first kappa shape index (κ1) is 10.6. The normalized spacial score (nSPS) is 27.3. The molecule has 0 aromatic heterocycles. The quantitative estimate of drug-likeness (QED) is 0.567. The van der Waals surface area contributed by atoms with E-state index in [1.165, 1.54) is 5.57 Å². The Morgan fingerprint density at radius 1 is 1.08 bits per heavy atom. The van der Waals surface area contributed by atoms with Crippen LogP contribution in [0.3, 0.4) is 0 Å². The summed E-state index contributed by atoms with van der Waals surface area (Å²) in [6.07, 6.45) is 2.25. The Bertz CT molecular complexity index is 238. The van der Waals surface area contributed by atoms with Gasteiger partial charge in [-0.25, -0.2) is 0 Å². The fourth-order valence-electron chi connectivity index (χ4n) is 1.79. The van der Waals surface area contributed by atoms with Gasteiger partial charge in [0, 0.05) is 18.8 Å². The molecule has 2 heteroatoms. The Kier molecular flexibility index (Phi) is 2.23. The van der Waals surface area contributed by atoms with E-state index in [1.807, 2.05) is 0 Å². The summed E-state index contributed by atoms with van der Waals surface area (Å²) in [4.78, 5) is 4.68. The van der Waals surface area contributed by atoms with Crippen LogP contribution in [-0.2, 0) is 0 Å². The van der Waals surface area contributed by atoms with E-state index in [0.29, 0.717) is 0 Å². The van der Waals surface area contributed by atoms with Crippen molar-refractivity contribution in [1.29, 1.82) is 0 Å². The second kappa shape index (κ2) is 2.74. The monoisotopic (exact) mass is 182 g/mol. The van der Waals surface area contributed by atoms with Gasteiger partial charge in [-0.3, -0.25) is 4.90 Å². The van der Waals surface area contributed by atoms with Crippen LogP contribution in [0.2, 0.25) is 0 Å². The van der Waals surface area contributed by atoms with Crippen LogP contribution < -0.4 is 0 Å². The maximum absolute atomic E-state index is 2.41. The Hall–Kier alpha value is -0.500. The first-order chi connectivity index (χ1) is 5.70. The van der Waals surface area contributed by atoms with Gasteiger partial charge in [0.05, 0.1) is 5.66 Å². The lowest BCUT2D eigenvalue weighted by atomic mass is 9.88. The topological polar surface area (TPSA) is 6.48 Å². The van der Waals surface area contributed by atoms with E-state index in [9.17, 15) is 0 Å². The van der Waals surface area contributed by atoms with Crippen molar-refractivity contribution in [2.45, 2.75) is 45.8 Å². The summed E-state index contributed by atoms with van der Waals surface area (Å²) < 4.78 is 0. The van der Waals surface area contributed by atoms with E-state index in [0.717, 1.165) is 0 Å². The van der Waals surface area contributed by atoms with Crippen molar-refractivity contribution < 1.29 is 0 Å². The second-order valence-electron chi connectivity index (χ2n) is 5.04. The van der Waals surface area contributed by atoms with Crippen LogP contribution >= 0.6 is 0 Å². The second-order valence-corrected chi connectivity index (χ2v) is 5.04. The number of nitrogens with zero attached hydrogens (tertiary/aromatic N) is 2. The van der Waals surface area contributed by atoms with Gasteiger partial charge in [-0.1, -0.05) is 0 Å². The highest BCUT2D eigenvalue weighted by atomic mass is 15.4. The van der Waals surface area contributed by atoms with Crippen molar-refractivity contribution in [3.63, 3.8) is 0 Å². The van der Waals surface area contributed by atoms with Crippen molar-refractivity contribution in [1.82, 2.24) is 9.80 Å². The van der Waals surface area contributed by atoms with Crippen LogP contribution in [0, 0.1) is 0 Å². The maximum Gasteiger partial charge on any atom is 0.0872 e. The van der Waals surface area contributed by atoms with E-state index in [-0.39, 0.29) is 11.2 Å².